The minimum absolute atomic E-state index is 0.304. The quantitative estimate of drug-likeness (QED) is 0.602. The van der Waals surface area contributed by atoms with E-state index in [0.717, 1.165) is 0 Å². The molecule has 0 aromatic carbocycles. The van der Waals surface area contributed by atoms with E-state index in [2.05, 4.69) is 38.5 Å². The topological polar surface area (TPSA) is 0 Å². The van der Waals surface area contributed by atoms with Crippen LogP contribution in [0.3, 0.4) is 0 Å². The van der Waals surface area contributed by atoms with Crippen LogP contribution >= 0.6 is 23.1 Å². The van der Waals surface area contributed by atoms with Gasteiger partial charge in [-0.15, -0.1) is 23.1 Å². The van der Waals surface area contributed by atoms with Gasteiger partial charge in [0.05, 0.1) is 4.21 Å². The molecule has 0 aliphatic rings. The number of thioether (sulfide) groups is 1. The van der Waals surface area contributed by atoms with Gasteiger partial charge in [0.15, 0.2) is 0 Å². The number of thiophene rings is 1. The van der Waals surface area contributed by atoms with E-state index in [0.29, 0.717) is 5.41 Å². The van der Waals surface area contributed by atoms with E-state index in [1.807, 2.05) is 23.1 Å². The Labute approximate surface area is 77.0 Å². The first-order valence-electron chi connectivity index (χ1n) is 3.67. The Morgan fingerprint density at radius 2 is 2.00 bits per heavy atom. The van der Waals surface area contributed by atoms with Crippen molar-refractivity contribution >= 4 is 23.1 Å². The molecule has 0 bridgehead atoms. The average Bonchev–Trinajstić information content (AvgIpc) is 2.31. The molecule has 1 heterocycles. The van der Waals surface area contributed by atoms with Gasteiger partial charge < -0.3 is 0 Å². The van der Waals surface area contributed by atoms with Crippen molar-refractivity contribution in [2.75, 3.05) is 6.26 Å². The van der Waals surface area contributed by atoms with E-state index >= 15 is 0 Å². The van der Waals surface area contributed by atoms with Gasteiger partial charge in [0, 0.05) is 0 Å². The van der Waals surface area contributed by atoms with Gasteiger partial charge in [-0.1, -0.05) is 20.8 Å². The molecule has 0 aliphatic carbocycles. The lowest BCUT2D eigenvalue weighted by Gasteiger charge is -2.18. The summed E-state index contributed by atoms with van der Waals surface area (Å²) in [6.45, 7) is 6.78. The summed E-state index contributed by atoms with van der Waals surface area (Å²) in [6.07, 6.45) is 2.14. The molecule has 0 saturated heterocycles. The summed E-state index contributed by atoms with van der Waals surface area (Å²) in [5, 5.41) is 2.17. The molecular weight excluding hydrogens is 172 g/mol. The van der Waals surface area contributed by atoms with E-state index in [9.17, 15) is 0 Å². The first-order chi connectivity index (χ1) is 5.05. The van der Waals surface area contributed by atoms with Crippen LogP contribution in [0.1, 0.15) is 26.3 Å². The molecule has 1 aromatic rings. The number of rotatable bonds is 1. The molecule has 0 amide bonds. The average molecular weight is 186 g/mol. The third-order valence-corrected chi connectivity index (χ3v) is 3.71. The first-order valence-corrected chi connectivity index (χ1v) is 5.78. The normalized spacial score (nSPS) is 12.0. The van der Waals surface area contributed by atoms with Crippen LogP contribution in [0.15, 0.2) is 15.7 Å². The maximum atomic E-state index is 2.26. The highest BCUT2D eigenvalue weighted by Crippen LogP contribution is 2.35. The minimum Gasteiger partial charge on any atom is -0.137 e. The van der Waals surface area contributed by atoms with Crippen LogP contribution in [0, 0.1) is 0 Å². The van der Waals surface area contributed by atoms with Crippen LogP contribution < -0.4 is 0 Å². The van der Waals surface area contributed by atoms with Gasteiger partial charge >= 0.3 is 0 Å². The summed E-state index contributed by atoms with van der Waals surface area (Å²) in [4.78, 5) is 0. The molecule has 0 spiro atoms. The van der Waals surface area contributed by atoms with Crippen molar-refractivity contribution in [2.24, 2.45) is 0 Å². The first kappa shape index (κ1) is 9.14. The Hall–Kier alpha value is 0.0500. The smallest absolute Gasteiger partial charge is 0.0633 e. The van der Waals surface area contributed by atoms with Gasteiger partial charge in [-0.2, -0.15) is 0 Å². The molecule has 0 N–H and O–H groups in total. The molecular formula is C9H14S2. The maximum absolute atomic E-state index is 2.26. The lowest BCUT2D eigenvalue weighted by Crippen LogP contribution is -2.10. The van der Waals surface area contributed by atoms with Gasteiger partial charge in [-0.3, -0.25) is 0 Å². The Morgan fingerprint density at radius 1 is 1.36 bits per heavy atom. The van der Waals surface area contributed by atoms with Gasteiger partial charge in [-0.05, 0) is 28.7 Å². The van der Waals surface area contributed by atoms with Crippen LogP contribution in [0.4, 0.5) is 0 Å². The van der Waals surface area contributed by atoms with Gasteiger partial charge in [0.1, 0.15) is 0 Å². The second kappa shape index (κ2) is 3.20. The molecule has 2 heteroatoms. The standard InChI is InChI=1S/C9H14S2/c1-9(2,3)7-5-6-11-8(7)10-4/h5-6H,1-4H3. The molecule has 0 aliphatic heterocycles. The molecule has 62 valence electrons. The summed E-state index contributed by atoms with van der Waals surface area (Å²) >= 11 is 3.69. The van der Waals surface area contributed by atoms with Crippen LogP contribution in [-0.2, 0) is 5.41 Å². The molecule has 11 heavy (non-hydrogen) atoms. The van der Waals surface area contributed by atoms with Crippen molar-refractivity contribution in [1.82, 2.24) is 0 Å². The molecule has 1 aromatic heterocycles. The summed E-state index contributed by atoms with van der Waals surface area (Å²) < 4.78 is 1.46. The molecule has 0 radical (unpaired) electrons. The van der Waals surface area contributed by atoms with Crippen LogP contribution in [0.25, 0.3) is 0 Å². The lowest BCUT2D eigenvalue weighted by molar-refractivity contribution is 0.583. The molecule has 0 saturated carbocycles. The predicted octanol–water partition coefficient (Wildman–Crippen LogP) is 3.77. The Kier molecular flexibility index (Phi) is 2.66. The highest BCUT2D eigenvalue weighted by atomic mass is 32.2. The maximum Gasteiger partial charge on any atom is 0.0633 e. The second-order valence-electron chi connectivity index (χ2n) is 3.58. The van der Waals surface area contributed by atoms with Gasteiger partial charge in [0.25, 0.3) is 0 Å². The molecule has 1 rings (SSSR count). The van der Waals surface area contributed by atoms with E-state index in [1.165, 1.54) is 9.77 Å². The highest BCUT2D eigenvalue weighted by molar-refractivity contribution is 8.00. The number of hydrogen-bond donors (Lipinski definition) is 0. The van der Waals surface area contributed by atoms with Crippen molar-refractivity contribution < 1.29 is 0 Å². The van der Waals surface area contributed by atoms with E-state index in [1.54, 1.807) is 0 Å². The zero-order valence-corrected chi connectivity index (χ0v) is 9.10. The predicted molar refractivity (Wildman–Crippen MR) is 54.8 cm³/mol. The summed E-state index contributed by atoms with van der Waals surface area (Å²) in [5.74, 6) is 0. The summed E-state index contributed by atoms with van der Waals surface area (Å²) in [7, 11) is 0. The zero-order valence-electron chi connectivity index (χ0n) is 7.47. The van der Waals surface area contributed by atoms with E-state index in [-0.39, 0.29) is 0 Å². The summed E-state index contributed by atoms with van der Waals surface area (Å²) in [5.41, 5.74) is 1.79. The Morgan fingerprint density at radius 3 is 2.36 bits per heavy atom. The SMILES string of the molecule is CSc1sccc1C(C)(C)C. The van der Waals surface area contributed by atoms with Crippen LogP contribution in [0.2, 0.25) is 0 Å². The zero-order chi connectivity index (χ0) is 8.48. The third kappa shape index (κ3) is 2.00. The summed E-state index contributed by atoms with van der Waals surface area (Å²) in [6, 6.07) is 2.23. The molecule has 0 nitrogen and oxygen atoms in total. The van der Waals surface area contributed by atoms with Crippen molar-refractivity contribution in [3.05, 3.63) is 17.0 Å². The third-order valence-electron chi connectivity index (χ3n) is 1.62. The monoisotopic (exact) mass is 186 g/mol. The lowest BCUT2D eigenvalue weighted by atomic mass is 9.89. The fraction of sp³-hybridized carbons (Fsp3) is 0.556. The Balaban J connectivity index is 3.02. The fourth-order valence-electron chi connectivity index (χ4n) is 1.01. The van der Waals surface area contributed by atoms with Crippen LogP contribution in [0.5, 0.6) is 0 Å². The molecule has 0 unspecified atom stereocenters. The van der Waals surface area contributed by atoms with Crippen molar-refractivity contribution in [1.29, 1.82) is 0 Å². The van der Waals surface area contributed by atoms with E-state index < -0.39 is 0 Å². The van der Waals surface area contributed by atoms with E-state index in [4.69, 9.17) is 0 Å². The van der Waals surface area contributed by atoms with Gasteiger partial charge in [-0.25, -0.2) is 0 Å². The minimum atomic E-state index is 0.304. The van der Waals surface area contributed by atoms with Crippen molar-refractivity contribution in [3.63, 3.8) is 0 Å². The molecule has 0 fully saturated rings. The highest BCUT2D eigenvalue weighted by Gasteiger charge is 2.17. The second-order valence-corrected chi connectivity index (χ2v) is 5.57. The largest absolute Gasteiger partial charge is 0.137 e. The fourth-order valence-corrected chi connectivity index (χ4v) is 2.98. The molecule has 0 atom stereocenters. The van der Waals surface area contributed by atoms with Gasteiger partial charge in [0.2, 0.25) is 0 Å². The van der Waals surface area contributed by atoms with Crippen molar-refractivity contribution in [3.8, 4) is 0 Å². The van der Waals surface area contributed by atoms with Crippen LogP contribution in [-0.4, -0.2) is 6.26 Å². The Bertz CT molecular complexity index is 230. The van der Waals surface area contributed by atoms with Crippen molar-refractivity contribution in [2.45, 2.75) is 30.4 Å². The number of hydrogen-bond acceptors (Lipinski definition) is 2.